The Kier molecular flexibility index (Phi) is 5.13. The summed E-state index contributed by atoms with van der Waals surface area (Å²) in [6, 6.07) is 13.2. The minimum absolute atomic E-state index is 0.0594. The lowest BCUT2D eigenvalue weighted by Gasteiger charge is -2.45. The second-order valence-electron chi connectivity index (χ2n) is 8.19. The number of benzene rings is 2. The molecule has 2 heterocycles. The number of rotatable bonds is 3. The molecule has 0 saturated carbocycles. The monoisotopic (exact) mass is 399 g/mol. The third kappa shape index (κ3) is 3.22. The number of hydrogen-bond acceptors (Lipinski definition) is 4. The molecule has 0 aromatic heterocycles. The second kappa shape index (κ2) is 7.46. The van der Waals surface area contributed by atoms with Crippen molar-refractivity contribution in [1.82, 2.24) is 0 Å². The number of likely N-dealkylation sites (N-methyl/N-ethyl adjacent to an activating group) is 1. The lowest BCUT2D eigenvalue weighted by atomic mass is 9.59. The van der Waals surface area contributed by atoms with E-state index in [1.807, 2.05) is 30.3 Å². The summed E-state index contributed by atoms with van der Waals surface area (Å²) >= 11 is 0. The highest BCUT2D eigenvalue weighted by Gasteiger charge is 2.57. The summed E-state index contributed by atoms with van der Waals surface area (Å²) in [6.07, 6.45) is 0.532. The second-order valence-corrected chi connectivity index (χ2v) is 8.19. The Morgan fingerprint density at radius 1 is 1.24 bits per heavy atom. The van der Waals surface area contributed by atoms with Gasteiger partial charge >= 0.3 is 12.7 Å². The maximum Gasteiger partial charge on any atom is 0.525 e. The highest BCUT2D eigenvalue weighted by molar-refractivity contribution is 6.60. The number of halogens is 1. The van der Waals surface area contributed by atoms with E-state index in [4.69, 9.17) is 14.0 Å². The topological polar surface area (TPSA) is 49.2 Å². The molecule has 1 saturated heterocycles. The number of nitrogens with one attached hydrogen (secondary N) is 1. The van der Waals surface area contributed by atoms with E-state index in [0.29, 0.717) is 6.32 Å². The van der Waals surface area contributed by atoms with Crippen LogP contribution in [0.3, 0.4) is 0 Å². The average Bonchev–Trinajstić information content (AvgIpc) is 2.93. The van der Waals surface area contributed by atoms with Crippen LogP contribution in [0.25, 0.3) is 0 Å². The van der Waals surface area contributed by atoms with Crippen molar-refractivity contribution in [2.45, 2.75) is 45.2 Å². The maximum atomic E-state index is 14.6. The van der Waals surface area contributed by atoms with Crippen LogP contribution in [0.4, 0.5) is 4.39 Å². The van der Waals surface area contributed by atoms with Crippen LogP contribution in [0.2, 0.25) is 6.32 Å². The van der Waals surface area contributed by atoms with Crippen LogP contribution in [0.15, 0.2) is 42.5 Å². The average molecular weight is 399 g/mol. The number of carbonyl (C=O) groups is 1. The van der Waals surface area contributed by atoms with Crippen LogP contribution >= 0.6 is 0 Å². The van der Waals surface area contributed by atoms with Gasteiger partial charge in [0.1, 0.15) is 11.4 Å². The largest absolute Gasteiger partial charge is 0.641 e. The first kappa shape index (κ1) is 19.9. The Labute approximate surface area is 170 Å². The Morgan fingerprint density at radius 3 is 2.66 bits per heavy atom. The van der Waals surface area contributed by atoms with Crippen molar-refractivity contribution in [1.29, 1.82) is 0 Å². The Hall–Kier alpha value is -2.38. The molecule has 2 aromatic rings. The van der Waals surface area contributed by atoms with Gasteiger partial charge in [-0.15, -0.1) is 0 Å². The normalized spacial score (nSPS) is 30.7. The van der Waals surface area contributed by atoms with Crippen molar-refractivity contribution >= 4 is 12.7 Å². The molecule has 5 atom stereocenters. The molecule has 1 fully saturated rings. The van der Waals surface area contributed by atoms with Gasteiger partial charge in [0, 0.05) is 7.05 Å². The van der Waals surface area contributed by atoms with Crippen molar-refractivity contribution in [2.24, 2.45) is 0 Å². The molecule has 2 aliphatic rings. The molecule has 0 radical (unpaired) electrons. The van der Waals surface area contributed by atoms with Crippen molar-refractivity contribution in [2.75, 3.05) is 13.7 Å². The lowest BCUT2D eigenvalue weighted by Crippen LogP contribution is -3.22. The number of quaternary nitrogens is 1. The van der Waals surface area contributed by atoms with E-state index < -0.39 is 18.5 Å². The third-order valence-corrected chi connectivity index (χ3v) is 6.48. The van der Waals surface area contributed by atoms with Crippen LogP contribution in [0.1, 0.15) is 54.3 Å². The number of hydrogen-bond donors (Lipinski definition) is 1. The van der Waals surface area contributed by atoms with Crippen LogP contribution < -0.4 is 9.47 Å². The fraction of sp³-hybridized carbons (Fsp3) is 0.409. The molecule has 2 aromatic carbocycles. The smallest absolute Gasteiger partial charge is 0.525 e. The van der Waals surface area contributed by atoms with E-state index in [0.717, 1.165) is 15.9 Å². The number of ether oxygens (including phenoxy) is 1. The first-order valence-corrected chi connectivity index (χ1v) is 10.3. The first-order valence-electron chi connectivity index (χ1n) is 10.3. The Morgan fingerprint density at radius 2 is 1.97 bits per heavy atom. The molecule has 1 N–H and O–H groups in total. The molecule has 7 heteroatoms. The summed E-state index contributed by atoms with van der Waals surface area (Å²) < 4.78 is 32.8. The molecule has 5 nitrogen and oxygen atoms in total. The fourth-order valence-corrected chi connectivity index (χ4v) is 4.79. The van der Waals surface area contributed by atoms with Gasteiger partial charge in [-0.2, -0.15) is 0 Å². The summed E-state index contributed by atoms with van der Waals surface area (Å²) in [7, 11) is 2.05. The molecular formula is C22H27BFNO4. The zero-order valence-electron chi connectivity index (χ0n) is 17.3. The maximum absolute atomic E-state index is 14.6. The van der Waals surface area contributed by atoms with Crippen LogP contribution in [-0.4, -0.2) is 32.4 Å². The molecular weight excluding hydrogens is 372 g/mol. The van der Waals surface area contributed by atoms with E-state index in [1.165, 1.54) is 6.07 Å². The Balaban J connectivity index is 1.76. The van der Waals surface area contributed by atoms with Crippen molar-refractivity contribution in [3.8, 4) is 5.75 Å². The summed E-state index contributed by atoms with van der Waals surface area (Å²) in [5, 5.41) is 0. The molecule has 2 aliphatic heterocycles. The zero-order valence-corrected chi connectivity index (χ0v) is 17.3. The summed E-state index contributed by atoms with van der Waals surface area (Å²) in [6.45, 7) is 4.24. The molecule has 29 heavy (non-hydrogen) atoms. The minimum Gasteiger partial charge on any atom is -0.641 e. The van der Waals surface area contributed by atoms with Gasteiger partial charge in [-0.25, -0.2) is 9.18 Å². The molecule has 0 amide bonds. The fourth-order valence-electron chi connectivity index (χ4n) is 4.79. The van der Waals surface area contributed by atoms with E-state index in [9.17, 15) is 9.18 Å². The lowest BCUT2D eigenvalue weighted by molar-refractivity contribution is -0.803. The van der Waals surface area contributed by atoms with Crippen molar-refractivity contribution in [3.05, 3.63) is 65.0 Å². The minimum atomic E-state index is -1.82. The van der Waals surface area contributed by atoms with E-state index >= 15 is 0 Å². The van der Waals surface area contributed by atoms with Gasteiger partial charge in [0.25, 0.3) is 0 Å². The molecule has 0 bridgehead atoms. The first-order chi connectivity index (χ1) is 13.9. The summed E-state index contributed by atoms with van der Waals surface area (Å²) in [4.78, 5) is 13.6. The van der Waals surface area contributed by atoms with Gasteiger partial charge < -0.3 is 18.9 Å². The van der Waals surface area contributed by atoms with E-state index in [2.05, 4.69) is 20.9 Å². The quantitative estimate of drug-likeness (QED) is 0.637. The molecule has 1 spiro atoms. The number of carbonyl (C=O) groups excluding carboxylic acids is 1. The molecule has 0 aliphatic carbocycles. The third-order valence-electron chi connectivity index (χ3n) is 6.48. The van der Waals surface area contributed by atoms with Gasteiger partial charge in [-0.3, -0.25) is 0 Å². The van der Waals surface area contributed by atoms with Gasteiger partial charge in [0.15, 0.2) is 0 Å². The number of fused-ring (bicyclic) bond motifs is 1. The zero-order chi connectivity index (χ0) is 20.8. The van der Waals surface area contributed by atoms with Crippen molar-refractivity contribution < 1.29 is 28.0 Å². The SMILES string of the molecule is CCOC(=O)c1c(F)ccc2c1O[B-]1(C[C@@H]2C)O[C@@H](c2ccccc2)[C@H](C)[NH+]1C. The predicted molar refractivity (Wildman–Crippen MR) is 109 cm³/mol. The van der Waals surface area contributed by atoms with Crippen LogP contribution in [0.5, 0.6) is 5.75 Å². The van der Waals surface area contributed by atoms with Gasteiger partial charge in [-0.05, 0) is 43.3 Å². The van der Waals surface area contributed by atoms with E-state index in [-0.39, 0.29) is 36.0 Å². The van der Waals surface area contributed by atoms with Gasteiger partial charge in [-0.1, -0.05) is 43.3 Å². The standard InChI is InChI=1S/C22H27BFNO4/c1-5-27-22(26)19-18(24)12-11-17-14(2)13-23(29-21(17)19)25(4)15(3)20(28-23)16-9-7-6-8-10-16/h6-12,14-15,20,25H,5,13H2,1-4H3/t14-,15-,20+,23?/m0/s1. The summed E-state index contributed by atoms with van der Waals surface area (Å²) in [5.41, 5.74) is 1.77. The van der Waals surface area contributed by atoms with E-state index in [1.54, 1.807) is 13.0 Å². The highest BCUT2D eigenvalue weighted by Crippen LogP contribution is 2.44. The molecule has 154 valence electrons. The van der Waals surface area contributed by atoms with Crippen LogP contribution in [0, 0.1) is 5.82 Å². The van der Waals surface area contributed by atoms with Gasteiger partial charge in [0.2, 0.25) is 0 Å². The van der Waals surface area contributed by atoms with Gasteiger partial charge in [0.05, 0.1) is 24.5 Å². The number of esters is 1. The summed E-state index contributed by atoms with van der Waals surface area (Å²) in [5.74, 6) is -1.01. The predicted octanol–water partition coefficient (Wildman–Crippen LogP) is 3.11. The Bertz CT molecular complexity index is 925. The highest BCUT2D eigenvalue weighted by atomic mass is 19.1. The molecule has 4 rings (SSSR count). The van der Waals surface area contributed by atoms with Crippen LogP contribution in [-0.2, 0) is 9.39 Å². The van der Waals surface area contributed by atoms with Crippen molar-refractivity contribution in [3.63, 3.8) is 0 Å². The molecule has 2 unspecified atom stereocenters.